The second-order valence-electron chi connectivity index (χ2n) is 9.23. The summed E-state index contributed by atoms with van der Waals surface area (Å²) in [6, 6.07) is 15.8. The van der Waals surface area contributed by atoms with Gasteiger partial charge in [0.15, 0.2) is 0 Å². The molecule has 0 bridgehead atoms. The highest BCUT2D eigenvalue weighted by Gasteiger charge is 2.16. The van der Waals surface area contributed by atoms with Crippen LogP contribution in [0.4, 0.5) is 10.1 Å². The van der Waals surface area contributed by atoms with Gasteiger partial charge < -0.3 is 15.2 Å². The van der Waals surface area contributed by atoms with E-state index in [-0.39, 0.29) is 18.3 Å². The molecule has 10 heteroatoms. The molecule has 0 aliphatic heterocycles. The number of aromatic amines is 2. The zero-order valence-corrected chi connectivity index (χ0v) is 20.7. The number of amides is 1. The molecular formula is C28H23FN8O. The van der Waals surface area contributed by atoms with Crippen molar-refractivity contribution in [3.63, 3.8) is 0 Å². The summed E-state index contributed by atoms with van der Waals surface area (Å²) in [5.41, 5.74) is 7.12. The molecule has 0 saturated carbocycles. The number of benzene rings is 1. The van der Waals surface area contributed by atoms with Crippen LogP contribution in [-0.2, 0) is 4.79 Å². The molecule has 0 aliphatic rings. The number of carbonyl (C=O) groups is 1. The van der Waals surface area contributed by atoms with Gasteiger partial charge in [-0.25, -0.2) is 9.37 Å². The Balaban J connectivity index is 1.38. The number of H-pyrrole nitrogens is 2. The van der Waals surface area contributed by atoms with Gasteiger partial charge in [0.1, 0.15) is 17.0 Å². The number of pyridine rings is 3. The van der Waals surface area contributed by atoms with Crippen LogP contribution in [0, 0.1) is 5.82 Å². The molecule has 0 spiro atoms. The fraction of sp³-hybridized carbons (Fsp3) is 0.107. The summed E-state index contributed by atoms with van der Waals surface area (Å²) in [7, 11) is 3.67. The Labute approximate surface area is 216 Å². The number of nitrogens with zero attached hydrogens (tertiary/aromatic N) is 5. The minimum absolute atomic E-state index is 0.125. The predicted octanol–water partition coefficient (Wildman–Crippen LogP) is 4.87. The van der Waals surface area contributed by atoms with E-state index in [4.69, 9.17) is 4.98 Å². The number of hydrogen-bond donors (Lipinski definition) is 3. The SMILES string of the molecule is CN(C)CC(=O)Nc1cncc(-c2ccc3[nH]nc(-c4cc5c(-c6cccc(F)c6)nccc5[nH]4)c3n2)c1. The topological polar surface area (TPSA) is 115 Å². The number of aromatic nitrogens is 6. The third-order valence-corrected chi connectivity index (χ3v) is 6.09. The van der Waals surface area contributed by atoms with Crippen LogP contribution in [0.15, 0.2) is 73.2 Å². The minimum atomic E-state index is -0.317. The zero-order valence-electron chi connectivity index (χ0n) is 20.7. The molecular weight excluding hydrogens is 483 g/mol. The van der Waals surface area contributed by atoms with Crippen molar-refractivity contribution in [3.05, 3.63) is 79.0 Å². The summed E-state index contributed by atoms with van der Waals surface area (Å²) in [5, 5.41) is 11.3. The van der Waals surface area contributed by atoms with Crippen LogP contribution < -0.4 is 5.32 Å². The second kappa shape index (κ2) is 9.49. The number of carbonyl (C=O) groups excluding carboxylic acids is 1. The van der Waals surface area contributed by atoms with Crippen molar-refractivity contribution in [2.24, 2.45) is 0 Å². The third-order valence-electron chi connectivity index (χ3n) is 6.09. The molecule has 0 radical (unpaired) electrons. The van der Waals surface area contributed by atoms with E-state index in [1.54, 1.807) is 29.6 Å². The van der Waals surface area contributed by atoms with E-state index in [0.29, 0.717) is 33.8 Å². The smallest absolute Gasteiger partial charge is 0.238 e. The number of halogens is 1. The van der Waals surface area contributed by atoms with Crippen LogP contribution in [0.25, 0.3) is 55.8 Å². The fourth-order valence-electron chi connectivity index (χ4n) is 4.43. The van der Waals surface area contributed by atoms with Crippen molar-refractivity contribution in [2.45, 2.75) is 0 Å². The highest BCUT2D eigenvalue weighted by atomic mass is 19.1. The van der Waals surface area contributed by atoms with Crippen molar-refractivity contribution >= 4 is 33.5 Å². The molecule has 6 aromatic rings. The van der Waals surface area contributed by atoms with Gasteiger partial charge in [0.2, 0.25) is 5.91 Å². The summed E-state index contributed by atoms with van der Waals surface area (Å²) >= 11 is 0. The third kappa shape index (κ3) is 4.48. The highest BCUT2D eigenvalue weighted by molar-refractivity contribution is 5.99. The molecule has 6 rings (SSSR count). The monoisotopic (exact) mass is 506 g/mol. The number of fused-ring (bicyclic) bond motifs is 2. The van der Waals surface area contributed by atoms with Crippen molar-refractivity contribution in [1.82, 2.24) is 35.0 Å². The molecule has 3 N–H and O–H groups in total. The Bertz CT molecular complexity index is 1810. The van der Waals surface area contributed by atoms with Gasteiger partial charge in [0.05, 0.1) is 41.0 Å². The summed E-state index contributed by atoms with van der Waals surface area (Å²) in [6.07, 6.45) is 5.00. The normalized spacial score (nSPS) is 11.5. The van der Waals surface area contributed by atoms with E-state index in [2.05, 4.69) is 30.5 Å². The van der Waals surface area contributed by atoms with Crippen molar-refractivity contribution in [3.8, 4) is 33.9 Å². The van der Waals surface area contributed by atoms with E-state index < -0.39 is 0 Å². The van der Waals surface area contributed by atoms with Crippen LogP contribution >= 0.6 is 0 Å². The van der Waals surface area contributed by atoms with Gasteiger partial charge >= 0.3 is 0 Å². The van der Waals surface area contributed by atoms with Gasteiger partial charge in [-0.05, 0) is 56.6 Å². The molecule has 38 heavy (non-hydrogen) atoms. The standard InChI is InChI=1S/C28H23FN8O/c1-37(2)15-25(38)32-19-11-17(13-30-14-19)21-6-7-23-27(34-21)28(36-35-23)24-12-20-22(33-24)8-9-31-26(20)16-4-3-5-18(29)10-16/h3-14,33H,15H2,1-2H3,(H,32,38)(H,35,36). The maximum absolute atomic E-state index is 13.9. The van der Waals surface area contributed by atoms with Gasteiger partial charge in [-0.3, -0.25) is 19.9 Å². The Morgan fingerprint density at radius 2 is 1.89 bits per heavy atom. The van der Waals surface area contributed by atoms with E-state index in [1.165, 1.54) is 12.1 Å². The summed E-state index contributed by atoms with van der Waals surface area (Å²) in [5.74, 6) is -0.441. The molecule has 0 aliphatic carbocycles. The Kier molecular flexibility index (Phi) is 5.85. The zero-order chi connectivity index (χ0) is 26.2. The molecule has 1 amide bonds. The summed E-state index contributed by atoms with van der Waals surface area (Å²) in [4.78, 5) is 31.0. The molecule has 0 atom stereocenters. The Hall–Kier alpha value is -4.96. The van der Waals surface area contributed by atoms with Crippen LogP contribution in [0.1, 0.15) is 0 Å². The molecule has 1 aromatic carbocycles. The van der Waals surface area contributed by atoms with Crippen LogP contribution in [0.2, 0.25) is 0 Å². The fourth-order valence-corrected chi connectivity index (χ4v) is 4.43. The molecule has 5 heterocycles. The minimum Gasteiger partial charge on any atom is -0.353 e. The lowest BCUT2D eigenvalue weighted by Crippen LogP contribution is -2.27. The first-order valence-corrected chi connectivity index (χ1v) is 11.9. The number of rotatable bonds is 6. The molecule has 5 aromatic heterocycles. The van der Waals surface area contributed by atoms with Gasteiger partial charge in [0, 0.05) is 34.4 Å². The van der Waals surface area contributed by atoms with E-state index in [9.17, 15) is 9.18 Å². The van der Waals surface area contributed by atoms with Gasteiger partial charge in [-0.15, -0.1) is 0 Å². The molecule has 0 unspecified atom stereocenters. The average Bonchev–Trinajstić information content (AvgIpc) is 3.52. The molecule has 0 fully saturated rings. The number of hydrogen-bond acceptors (Lipinski definition) is 6. The van der Waals surface area contributed by atoms with Crippen LogP contribution in [0.5, 0.6) is 0 Å². The first kappa shape index (κ1) is 23.4. The molecule has 0 saturated heterocycles. The Morgan fingerprint density at radius 1 is 1.00 bits per heavy atom. The van der Waals surface area contributed by atoms with Gasteiger partial charge in [-0.1, -0.05) is 12.1 Å². The van der Waals surface area contributed by atoms with E-state index in [1.807, 2.05) is 50.5 Å². The first-order valence-electron chi connectivity index (χ1n) is 11.9. The number of likely N-dealkylation sites (N-methyl/N-ethyl adjacent to an activating group) is 1. The predicted molar refractivity (Wildman–Crippen MR) is 145 cm³/mol. The van der Waals surface area contributed by atoms with Crippen molar-refractivity contribution in [2.75, 3.05) is 26.0 Å². The maximum atomic E-state index is 13.9. The average molecular weight is 507 g/mol. The highest BCUT2D eigenvalue weighted by Crippen LogP contribution is 2.33. The van der Waals surface area contributed by atoms with Crippen molar-refractivity contribution < 1.29 is 9.18 Å². The van der Waals surface area contributed by atoms with Gasteiger partial charge in [0.25, 0.3) is 0 Å². The number of anilines is 1. The lowest BCUT2D eigenvalue weighted by atomic mass is 10.1. The summed E-state index contributed by atoms with van der Waals surface area (Å²) < 4.78 is 13.9. The van der Waals surface area contributed by atoms with Crippen LogP contribution in [0.3, 0.4) is 0 Å². The van der Waals surface area contributed by atoms with Crippen molar-refractivity contribution in [1.29, 1.82) is 0 Å². The Morgan fingerprint density at radius 3 is 2.74 bits per heavy atom. The first-order chi connectivity index (χ1) is 18.4. The maximum Gasteiger partial charge on any atom is 0.238 e. The lowest BCUT2D eigenvalue weighted by molar-refractivity contribution is -0.116. The lowest BCUT2D eigenvalue weighted by Gasteiger charge is -2.10. The number of nitrogens with one attached hydrogen (secondary N) is 3. The second-order valence-corrected chi connectivity index (χ2v) is 9.23. The van der Waals surface area contributed by atoms with E-state index in [0.717, 1.165) is 27.7 Å². The van der Waals surface area contributed by atoms with Gasteiger partial charge in [-0.2, -0.15) is 5.10 Å². The quantitative estimate of drug-likeness (QED) is 0.297. The summed E-state index contributed by atoms with van der Waals surface area (Å²) in [6.45, 7) is 0.272. The van der Waals surface area contributed by atoms with E-state index >= 15 is 0 Å². The largest absolute Gasteiger partial charge is 0.353 e. The molecule has 188 valence electrons. The molecule has 9 nitrogen and oxygen atoms in total. The van der Waals surface area contributed by atoms with Crippen LogP contribution in [-0.4, -0.2) is 61.6 Å².